The van der Waals surface area contributed by atoms with Crippen molar-refractivity contribution in [1.29, 1.82) is 0 Å². The molecule has 35 heavy (non-hydrogen) atoms. The standard InChI is InChI=1S/C23H17F3N4O5/c24-23(25,26)35-15-9-7-14(8-10-15)30-21(33)17-5-2-1-4-16(17)20(28-30)27-18-6-3-12-29(22(18)34)13-11-19(31)32/h1-10,12H,11,13H2,(H,27,28)(H,31,32). The summed E-state index contributed by atoms with van der Waals surface area (Å²) in [5, 5.41) is 16.8. The van der Waals surface area contributed by atoms with Crippen molar-refractivity contribution >= 4 is 28.2 Å². The van der Waals surface area contributed by atoms with Crippen molar-refractivity contribution in [3.05, 3.63) is 87.6 Å². The number of anilines is 2. The summed E-state index contributed by atoms with van der Waals surface area (Å²) in [7, 11) is 0. The summed E-state index contributed by atoms with van der Waals surface area (Å²) in [6.07, 6.45) is -3.65. The number of aliphatic carboxylic acids is 1. The van der Waals surface area contributed by atoms with Crippen LogP contribution in [-0.4, -0.2) is 31.8 Å². The summed E-state index contributed by atoms with van der Waals surface area (Å²) >= 11 is 0. The molecule has 4 rings (SSSR count). The van der Waals surface area contributed by atoms with E-state index in [0.29, 0.717) is 5.39 Å². The van der Waals surface area contributed by atoms with Gasteiger partial charge >= 0.3 is 12.3 Å². The predicted octanol–water partition coefficient (Wildman–Crippen LogP) is 3.66. The minimum atomic E-state index is -4.86. The second-order valence-electron chi connectivity index (χ2n) is 7.34. The lowest BCUT2D eigenvalue weighted by Gasteiger charge is -2.14. The number of nitrogens with zero attached hydrogens (tertiary/aromatic N) is 3. The first-order valence-electron chi connectivity index (χ1n) is 10.2. The Morgan fingerprint density at radius 2 is 1.66 bits per heavy atom. The minimum absolute atomic E-state index is 0.0380. The van der Waals surface area contributed by atoms with Crippen LogP contribution in [0.3, 0.4) is 0 Å². The van der Waals surface area contributed by atoms with Crippen molar-refractivity contribution in [2.45, 2.75) is 19.3 Å². The molecule has 4 aromatic rings. The van der Waals surface area contributed by atoms with Gasteiger partial charge in [0, 0.05) is 18.1 Å². The Morgan fingerprint density at radius 3 is 2.31 bits per heavy atom. The molecular weight excluding hydrogens is 469 g/mol. The van der Waals surface area contributed by atoms with Gasteiger partial charge in [-0.2, -0.15) is 4.68 Å². The van der Waals surface area contributed by atoms with E-state index in [1.165, 1.54) is 29.0 Å². The third-order valence-corrected chi connectivity index (χ3v) is 4.96. The maximum atomic E-state index is 13.1. The second kappa shape index (κ2) is 9.33. The lowest BCUT2D eigenvalue weighted by Crippen LogP contribution is -2.25. The van der Waals surface area contributed by atoms with Gasteiger partial charge in [-0.3, -0.25) is 14.4 Å². The summed E-state index contributed by atoms with van der Waals surface area (Å²) < 4.78 is 43.5. The number of carboxylic acids is 1. The highest BCUT2D eigenvalue weighted by molar-refractivity contribution is 5.92. The van der Waals surface area contributed by atoms with Gasteiger partial charge in [-0.1, -0.05) is 18.2 Å². The van der Waals surface area contributed by atoms with Gasteiger partial charge < -0.3 is 19.7 Å². The molecule has 0 saturated carbocycles. The Bertz CT molecular complexity index is 1510. The number of ether oxygens (including phenoxy) is 1. The Balaban J connectivity index is 1.77. The van der Waals surface area contributed by atoms with Crippen LogP contribution >= 0.6 is 0 Å². The zero-order chi connectivity index (χ0) is 25.2. The molecule has 0 radical (unpaired) electrons. The highest BCUT2D eigenvalue weighted by Crippen LogP contribution is 2.25. The Labute approximate surface area is 194 Å². The number of alkyl halides is 3. The third kappa shape index (κ3) is 5.32. The van der Waals surface area contributed by atoms with Gasteiger partial charge in [0.1, 0.15) is 11.4 Å². The van der Waals surface area contributed by atoms with E-state index in [4.69, 9.17) is 5.11 Å². The summed E-state index contributed by atoms with van der Waals surface area (Å²) in [5.41, 5.74) is -0.756. The van der Waals surface area contributed by atoms with Crippen LogP contribution in [0.15, 0.2) is 76.4 Å². The van der Waals surface area contributed by atoms with Gasteiger partial charge in [-0.15, -0.1) is 18.3 Å². The largest absolute Gasteiger partial charge is 0.573 e. The van der Waals surface area contributed by atoms with E-state index >= 15 is 0 Å². The first kappa shape index (κ1) is 23.5. The molecule has 0 fully saturated rings. The van der Waals surface area contributed by atoms with Gasteiger partial charge in [-0.05, 0) is 42.5 Å². The number of carboxylic acid groups (broad SMARTS) is 1. The van der Waals surface area contributed by atoms with Crippen molar-refractivity contribution in [3.8, 4) is 11.4 Å². The van der Waals surface area contributed by atoms with Crippen LogP contribution in [0.1, 0.15) is 6.42 Å². The molecule has 2 heterocycles. The number of hydrogen-bond acceptors (Lipinski definition) is 6. The number of nitrogens with one attached hydrogen (secondary N) is 1. The smallest absolute Gasteiger partial charge is 0.481 e. The average Bonchev–Trinajstić information content (AvgIpc) is 2.81. The Morgan fingerprint density at radius 1 is 0.971 bits per heavy atom. The number of benzene rings is 2. The quantitative estimate of drug-likeness (QED) is 0.410. The molecule has 0 spiro atoms. The predicted molar refractivity (Wildman–Crippen MR) is 120 cm³/mol. The number of halogens is 3. The molecule has 0 aliphatic heterocycles. The maximum absolute atomic E-state index is 13.1. The molecule has 12 heteroatoms. The molecule has 2 aromatic heterocycles. The summed E-state index contributed by atoms with van der Waals surface area (Å²) in [5.74, 6) is -1.37. The van der Waals surface area contributed by atoms with Gasteiger partial charge in [0.15, 0.2) is 5.82 Å². The van der Waals surface area contributed by atoms with Crippen molar-refractivity contribution in [2.75, 3.05) is 5.32 Å². The number of aromatic nitrogens is 3. The third-order valence-electron chi connectivity index (χ3n) is 4.96. The van der Waals surface area contributed by atoms with Crippen LogP contribution in [0.25, 0.3) is 16.5 Å². The molecule has 0 aliphatic rings. The highest BCUT2D eigenvalue weighted by atomic mass is 19.4. The molecule has 0 unspecified atom stereocenters. The normalized spacial score (nSPS) is 11.4. The zero-order valence-corrected chi connectivity index (χ0v) is 17.8. The van der Waals surface area contributed by atoms with Gasteiger partial charge in [0.25, 0.3) is 11.1 Å². The number of fused-ring (bicyclic) bond motifs is 1. The Kier molecular flexibility index (Phi) is 6.28. The second-order valence-corrected chi connectivity index (χ2v) is 7.34. The van der Waals surface area contributed by atoms with E-state index < -0.39 is 29.2 Å². The summed E-state index contributed by atoms with van der Waals surface area (Å²) in [6, 6.07) is 14.1. The lowest BCUT2D eigenvalue weighted by atomic mass is 10.2. The number of pyridine rings is 1. The molecule has 180 valence electrons. The molecule has 0 amide bonds. The van der Waals surface area contributed by atoms with Crippen LogP contribution in [0.4, 0.5) is 24.7 Å². The number of carbonyl (C=O) groups is 1. The molecule has 0 aliphatic carbocycles. The highest BCUT2D eigenvalue weighted by Gasteiger charge is 2.31. The van der Waals surface area contributed by atoms with Gasteiger partial charge in [0.05, 0.1) is 17.5 Å². The van der Waals surface area contributed by atoms with Crippen LogP contribution in [0, 0.1) is 0 Å². The van der Waals surface area contributed by atoms with Gasteiger partial charge in [-0.25, -0.2) is 0 Å². The molecule has 9 nitrogen and oxygen atoms in total. The van der Waals surface area contributed by atoms with Gasteiger partial charge in [0.2, 0.25) is 0 Å². The van der Waals surface area contributed by atoms with Crippen molar-refractivity contribution in [1.82, 2.24) is 14.3 Å². The molecule has 2 N–H and O–H groups in total. The van der Waals surface area contributed by atoms with Crippen LogP contribution in [0.5, 0.6) is 5.75 Å². The van der Waals surface area contributed by atoms with Crippen LogP contribution in [-0.2, 0) is 11.3 Å². The first-order valence-corrected chi connectivity index (χ1v) is 10.2. The topological polar surface area (TPSA) is 115 Å². The number of aryl methyl sites for hydroxylation is 1. The van der Waals surface area contributed by atoms with Crippen LogP contribution < -0.4 is 21.2 Å². The van der Waals surface area contributed by atoms with E-state index in [-0.39, 0.29) is 35.5 Å². The summed E-state index contributed by atoms with van der Waals surface area (Å²) in [4.78, 5) is 36.7. The fourth-order valence-corrected chi connectivity index (χ4v) is 3.40. The molecule has 0 atom stereocenters. The molecule has 0 bridgehead atoms. The van der Waals surface area contributed by atoms with Crippen molar-refractivity contribution in [2.24, 2.45) is 0 Å². The summed E-state index contributed by atoms with van der Waals surface area (Å²) in [6.45, 7) is -0.0380. The SMILES string of the molecule is O=C(O)CCn1cccc(Nc2nn(-c3ccc(OC(F)(F)F)cc3)c(=O)c3ccccc23)c1=O. The van der Waals surface area contributed by atoms with E-state index in [1.54, 1.807) is 30.3 Å². The minimum Gasteiger partial charge on any atom is -0.481 e. The number of hydrogen-bond donors (Lipinski definition) is 2. The van der Waals surface area contributed by atoms with E-state index in [9.17, 15) is 27.6 Å². The first-order chi connectivity index (χ1) is 16.6. The molecule has 0 saturated heterocycles. The molecular formula is C23H17F3N4O5. The van der Waals surface area contributed by atoms with E-state index in [0.717, 1.165) is 16.8 Å². The fraction of sp³-hybridized carbons (Fsp3) is 0.130. The monoisotopic (exact) mass is 486 g/mol. The molecule has 2 aromatic carbocycles. The fourth-order valence-electron chi connectivity index (χ4n) is 3.40. The average molecular weight is 486 g/mol. The van der Waals surface area contributed by atoms with Crippen molar-refractivity contribution < 1.29 is 27.8 Å². The van der Waals surface area contributed by atoms with E-state index in [1.807, 2.05) is 0 Å². The van der Waals surface area contributed by atoms with Crippen molar-refractivity contribution in [3.63, 3.8) is 0 Å². The Hall–Kier alpha value is -4.61. The maximum Gasteiger partial charge on any atom is 0.573 e. The lowest BCUT2D eigenvalue weighted by molar-refractivity contribution is -0.274. The van der Waals surface area contributed by atoms with Crippen LogP contribution in [0.2, 0.25) is 0 Å². The number of rotatable bonds is 7. The zero-order valence-electron chi connectivity index (χ0n) is 17.8. The van der Waals surface area contributed by atoms with E-state index in [2.05, 4.69) is 15.2 Å².